The van der Waals surface area contributed by atoms with Crippen molar-refractivity contribution in [3.8, 4) is 12.3 Å². The number of hydrogen-bond acceptors (Lipinski definition) is 3. The monoisotopic (exact) mass is 303 g/mol. The third-order valence-corrected chi connectivity index (χ3v) is 3.22. The molecule has 0 spiro atoms. The van der Waals surface area contributed by atoms with Gasteiger partial charge in [0.15, 0.2) is 0 Å². The zero-order valence-electron chi connectivity index (χ0n) is 11.6. The Hall–Kier alpha value is -2.25. The molecule has 0 unspecified atom stereocenters. The second-order valence-electron chi connectivity index (χ2n) is 4.39. The molecule has 0 aliphatic carbocycles. The highest BCUT2D eigenvalue weighted by Crippen LogP contribution is 2.24. The molecule has 5 heteroatoms. The molecule has 4 nitrogen and oxygen atoms in total. The molecular formula is C16H14ClNO3. The highest BCUT2D eigenvalue weighted by molar-refractivity contribution is 6.31. The molecule has 1 aromatic carbocycles. The molecule has 0 atom stereocenters. The van der Waals surface area contributed by atoms with Gasteiger partial charge in [0.05, 0.1) is 12.1 Å². The van der Waals surface area contributed by atoms with Crippen molar-refractivity contribution in [3.63, 3.8) is 0 Å². The van der Waals surface area contributed by atoms with E-state index in [0.717, 1.165) is 5.39 Å². The van der Waals surface area contributed by atoms with Gasteiger partial charge in [-0.25, -0.2) is 4.79 Å². The lowest BCUT2D eigenvalue weighted by molar-refractivity contribution is 0.0509. The van der Waals surface area contributed by atoms with Crippen LogP contribution in [0.2, 0.25) is 5.02 Å². The molecule has 21 heavy (non-hydrogen) atoms. The standard InChI is InChI=1S/C16H14ClNO3/c1-3-5-6-15(19)18-13-10-12(17)8-7-11(13)9-14(18)16(20)21-4-2/h1,7-10H,4-6H2,2H3. The number of benzene rings is 1. The molecule has 1 heterocycles. The zero-order chi connectivity index (χ0) is 15.4. The maximum atomic E-state index is 12.3. The van der Waals surface area contributed by atoms with Crippen LogP contribution < -0.4 is 0 Å². The van der Waals surface area contributed by atoms with Crippen LogP contribution >= 0.6 is 11.6 Å². The molecule has 1 aromatic heterocycles. The van der Waals surface area contributed by atoms with Crippen LogP contribution in [0.3, 0.4) is 0 Å². The van der Waals surface area contributed by atoms with Gasteiger partial charge in [-0.2, -0.15) is 0 Å². The quantitative estimate of drug-likeness (QED) is 0.641. The first kappa shape index (κ1) is 15.1. The summed E-state index contributed by atoms with van der Waals surface area (Å²) in [6, 6.07) is 6.73. The Morgan fingerprint density at radius 2 is 2.14 bits per heavy atom. The van der Waals surface area contributed by atoms with Gasteiger partial charge in [-0.15, -0.1) is 12.3 Å². The number of carbonyl (C=O) groups excluding carboxylic acids is 2. The van der Waals surface area contributed by atoms with Crippen molar-refractivity contribution in [1.82, 2.24) is 4.57 Å². The summed E-state index contributed by atoms with van der Waals surface area (Å²) in [5.41, 5.74) is 0.767. The highest BCUT2D eigenvalue weighted by atomic mass is 35.5. The van der Waals surface area contributed by atoms with E-state index in [1.54, 1.807) is 31.2 Å². The minimum Gasteiger partial charge on any atom is -0.461 e. The lowest BCUT2D eigenvalue weighted by Gasteiger charge is -2.08. The van der Waals surface area contributed by atoms with Gasteiger partial charge < -0.3 is 4.74 Å². The predicted molar refractivity (Wildman–Crippen MR) is 81.6 cm³/mol. The summed E-state index contributed by atoms with van der Waals surface area (Å²) < 4.78 is 6.33. The first-order valence-corrected chi connectivity index (χ1v) is 6.91. The molecule has 2 aromatic rings. The van der Waals surface area contributed by atoms with E-state index >= 15 is 0 Å². The number of ether oxygens (including phenoxy) is 1. The third kappa shape index (κ3) is 3.09. The number of nitrogens with zero attached hydrogens (tertiary/aromatic N) is 1. The van der Waals surface area contributed by atoms with E-state index in [1.165, 1.54) is 4.57 Å². The molecule has 0 saturated heterocycles. The van der Waals surface area contributed by atoms with Gasteiger partial charge in [0.1, 0.15) is 5.69 Å². The Morgan fingerprint density at radius 3 is 2.81 bits per heavy atom. The van der Waals surface area contributed by atoms with E-state index in [-0.39, 0.29) is 24.6 Å². The fourth-order valence-corrected chi connectivity index (χ4v) is 2.26. The average molecular weight is 304 g/mol. The molecule has 0 fully saturated rings. The molecule has 2 rings (SSSR count). The SMILES string of the molecule is C#CCCC(=O)n1c(C(=O)OCC)cc2ccc(Cl)cc21. The number of carbonyl (C=O) groups is 2. The van der Waals surface area contributed by atoms with Crippen LogP contribution in [-0.2, 0) is 4.74 Å². The molecule has 0 amide bonds. The number of esters is 1. The summed E-state index contributed by atoms with van der Waals surface area (Å²) in [5.74, 6) is 1.62. The van der Waals surface area contributed by atoms with Crippen LogP contribution in [0, 0.1) is 12.3 Å². The molecule has 0 saturated carbocycles. The maximum Gasteiger partial charge on any atom is 0.355 e. The number of fused-ring (bicyclic) bond motifs is 1. The zero-order valence-corrected chi connectivity index (χ0v) is 12.3. The Bertz CT molecular complexity index is 740. The minimum atomic E-state index is -0.543. The smallest absolute Gasteiger partial charge is 0.355 e. The van der Waals surface area contributed by atoms with E-state index in [9.17, 15) is 9.59 Å². The molecule has 0 bridgehead atoms. The van der Waals surface area contributed by atoms with Crippen molar-refractivity contribution in [3.05, 3.63) is 35.0 Å². The van der Waals surface area contributed by atoms with Crippen molar-refractivity contribution < 1.29 is 14.3 Å². The highest BCUT2D eigenvalue weighted by Gasteiger charge is 2.21. The van der Waals surface area contributed by atoms with Crippen LogP contribution in [0.25, 0.3) is 10.9 Å². The van der Waals surface area contributed by atoms with Crippen LogP contribution in [0.5, 0.6) is 0 Å². The maximum absolute atomic E-state index is 12.3. The molecule has 0 aliphatic rings. The van der Waals surface area contributed by atoms with E-state index in [2.05, 4.69) is 5.92 Å². The van der Waals surface area contributed by atoms with Crippen LogP contribution in [0.1, 0.15) is 35.0 Å². The van der Waals surface area contributed by atoms with Crippen molar-refractivity contribution >= 4 is 34.4 Å². The molecule has 108 valence electrons. The van der Waals surface area contributed by atoms with E-state index in [0.29, 0.717) is 17.0 Å². The summed E-state index contributed by atoms with van der Waals surface area (Å²) in [5, 5.41) is 1.23. The van der Waals surface area contributed by atoms with E-state index in [4.69, 9.17) is 22.8 Å². The summed E-state index contributed by atoms with van der Waals surface area (Å²) in [6.07, 6.45) is 5.65. The van der Waals surface area contributed by atoms with Crippen LogP contribution in [0.15, 0.2) is 24.3 Å². The van der Waals surface area contributed by atoms with Crippen LogP contribution in [0.4, 0.5) is 0 Å². The predicted octanol–water partition coefficient (Wildman–Crippen LogP) is 3.53. The van der Waals surface area contributed by atoms with Gasteiger partial charge in [0.2, 0.25) is 5.91 Å². The first-order chi connectivity index (χ1) is 10.1. The van der Waals surface area contributed by atoms with Gasteiger partial charge in [0, 0.05) is 23.3 Å². The Labute approximate surface area is 127 Å². The fraction of sp³-hybridized carbons (Fsp3) is 0.250. The summed E-state index contributed by atoms with van der Waals surface area (Å²) in [7, 11) is 0. The number of hydrogen-bond donors (Lipinski definition) is 0. The molecule has 0 radical (unpaired) electrons. The van der Waals surface area contributed by atoms with Crippen molar-refractivity contribution in [1.29, 1.82) is 0 Å². The second-order valence-corrected chi connectivity index (χ2v) is 4.82. The van der Waals surface area contributed by atoms with Gasteiger partial charge in [-0.05, 0) is 25.1 Å². The van der Waals surface area contributed by atoms with Gasteiger partial charge in [0.25, 0.3) is 0 Å². The molecule has 0 N–H and O–H groups in total. The number of rotatable bonds is 4. The van der Waals surface area contributed by atoms with Gasteiger partial charge in [-0.3, -0.25) is 9.36 Å². The van der Waals surface area contributed by atoms with Crippen molar-refractivity contribution in [2.24, 2.45) is 0 Å². The lowest BCUT2D eigenvalue weighted by Crippen LogP contribution is -2.18. The fourth-order valence-electron chi connectivity index (χ4n) is 2.09. The van der Waals surface area contributed by atoms with Gasteiger partial charge >= 0.3 is 5.97 Å². The third-order valence-electron chi connectivity index (χ3n) is 2.98. The van der Waals surface area contributed by atoms with Crippen molar-refractivity contribution in [2.45, 2.75) is 19.8 Å². The average Bonchev–Trinajstić information content (AvgIpc) is 2.83. The lowest BCUT2D eigenvalue weighted by atomic mass is 10.2. The number of halogens is 1. The van der Waals surface area contributed by atoms with Gasteiger partial charge in [-0.1, -0.05) is 17.7 Å². The Balaban J connectivity index is 2.59. The number of aromatic nitrogens is 1. The minimum absolute atomic E-state index is 0.152. The molecular weight excluding hydrogens is 290 g/mol. The molecule has 0 aliphatic heterocycles. The second kappa shape index (κ2) is 6.47. The summed E-state index contributed by atoms with van der Waals surface area (Å²) in [4.78, 5) is 24.4. The van der Waals surface area contributed by atoms with E-state index in [1.807, 2.05) is 0 Å². The Morgan fingerprint density at radius 1 is 1.38 bits per heavy atom. The normalized spacial score (nSPS) is 10.3. The van der Waals surface area contributed by atoms with Crippen molar-refractivity contribution in [2.75, 3.05) is 6.61 Å². The van der Waals surface area contributed by atoms with Crippen LogP contribution in [-0.4, -0.2) is 23.1 Å². The van der Waals surface area contributed by atoms with E-state index < -0.39 is 5.97 Å². The Kier molecular flexibility index (Phi) is 4.66. The number of terminal acetylenes is 1. The topological polar surface area (TPSA) is 48.3 Å². The first-order valence-electron chi connectivity index (χ1n) is 6.53. The summed E-state index contributed by atoms with van der Waals surface area (Å²) in [6.45, 7) is 1.95. The summed E-state index contributed by atoms with van der Waals surface area (Å²) >= 11 is 5.98. The largest absolute Gasteiger partial charge is 0.461 e.